The van der Waals surface area contributed by atoms with Crippen molar-refractivity contribution in [1.29, 1.82) is 0 Å². The average Bonchev–Trinajstić information content (AvgIpc) is 3.43. The highest BCUT2D eigenvalue weighted by atomic mass is 16.2. The van der Waals surface area contributed by atoms with Crippen molar-refractivity contribution in [3.8, 4) is 0 Å². The van der Waals surface area contributed by atoms with Gasteiger partial charge in [-0.2, -0.15) is 0 Å². The zero-order chi connectivity index (χ0) is 18.2. The Balaban J connectivity index is 1.35. The Morgan fingerprint density at radius 1 is 1.15 bits per heavy atom. The van der Waals surface area contributed by atoms with Crippen LogP contribution in [0, 0.1) is 0 Å². The standard InChI is InChI=1S/C21H21N5O/c27-20(11-10-15-14-22-17-7-2-1-6-16(15)17)25-13-5-8-18(25)21-24-23-19-9-3-4-12-26(19)21/h1-4,6-7,9,12,14,18,22H,5,8,10-11,13H2. The van der Waals surface area contributed by atoms with Gasteiger partial charge >= 0.3 is 0 Å². The molecule has 27 heavy (non-hydrogen) atoms. The van der Waals surface area contributed by atoms with E-state index in [0.29, 0.717) is 6.42 Å². The van der Waals surface area contributed by atoms with E-state index in [1.807, 2.05) is 52.0 Å². The average molecular weight is 359 g/mol. The fourth-order valence-electron chi connectivity index (χ4n) is 4.14. The number of para-hydroxylation sites is 1. The van der Waals surface area contributed by atoms with E-state index in [0.717, 1.165) is 42.8 Å². The molecule has 1 unspecified atom stereocenters. The molecule has 0 saturated carbocycles. The topological polar surface area (TPSA) is 66.3 Å². The second-order valence-corrected chi connectivity index (χ2v) is 7.09. The Bertz CT molecular complexity index is 1110. The highest BCUT2D eigenvalue weighted by molar-refractivity contribution is 5.84. The summed E-state index contributed by atoms with van der Waals surface area (Å²) in [5.74, 6) is 1.05. The SMILES string of the molecule is O=C(CCc1c[nH]c2ccccc12)N1CCCC1c1nnc2ccccn12. The molecule has 1 aliphatic heterocycles. The summed E-state index contributed by atoms with van der Waals surface area (Å²) in [6, 6.07) is 14.1. The molecule has 1 amide bonds. The number of carbonyl (C=O) groups excluding carboxylic acids is 1. The maximum Gasteiger partial charge on any atom is 0.223 e. The molecule has 1 saturated heterocycles. The molecule has 4 heterocycles. The smallest absolute Gasteiger partial charge is 0.223 e. The first kappa shape index (κ1) is 16.1. The van der Waals surface area contributed by atoms with Crippen molar-refractivity contribution in [2.45, 2.75) is 31.7 Å². The molecular formula is C21H21N5O. The molecular weight excluding hydrogens is 338 g/mol. The van der Waals surface area contributed by atoms with Gasteiger partial charge in [0.1, 0.15) is 0 Å². The second-order valence-electron chi connectivity index (χ2n) is 7.09. The molecule has 136 valence electrons. The number of aryl methyl sites for hydroxylation is 1. The van der Waals surface area contributed by atoms with Crippen LogP contribution in [-0.2, 0) is 11.2 Å². The maximum absolute atomic E-state index is 13.0. The van der Waals surface area contributed by atoms with Crippen LogP contribution in [0.15, 0.2) is 54.9 Å². The predicted octanol–water partition coefficient (Wildman–Crippen LogP) is 3.51. The summed E-state index contributed by atoms with van der Waals surface area (Å²) in [4.78, 5) is 18.2. The van der Waals surface area contributed by atoms with Gasteiger partial charge in [0.15, 0.2) is 11.5 Å². The summed E-state index contributed by atoms with van der Waals surface area (Å²) in [5.41, 5.74) is 3.14. The van der Waals surface area contributed by atoms with E-state index in [-0.39, 0.29) is 11.9 Å². The summed E-state index contributed by atoms with van der Waals surface area (Å²) < 4.78 is 2.00. The van der Waals surface area contributed by atoms with Crippen LogP contribution < -0.4 is 0 Å². The third-order valence-corrected chi connectivity index (χ3v) is 5.49. The quantitative estimate of drug-likeness (QED) is 0.606. The first-order valence-electron chi connectivity index (χ1n) is 9.45. The number of aromatic amines is 1. The molecule has 1 fully saturated rings. The van der Waals surface area contributed by atoms with E-state index < -0.39 is 0 Å². The van der Waals surface area contributed by atoms with Crippen LogP contribution >= 0.6 is 0 Å². The Labute approximate surface area is 156 Å². The highest BCUT2D eigenvalue weighted by Crippen LogP contribution is 2.32. The fourth-order valence-corrected chi connectivity index (χ4v) is 4.14. The first-order valence-corrected chi connectivity index (χ1v) is 9.45. The third-order valence-electron chi connectivity index (χ3n) is 5.49. The number of H-pyrrole nitrogens is 1. The first-order chi connectivity index (χ1) is 13.3. The Morgan fingerprint density at radius 2 is 2.04 bits per heavy atom. The van der Waals surface area contributed by atoms with Crippen molar-refractivity contribution >= 4 is 22.5 Å². The Kier molecular flexibility index (Phi) is 3.89. The van der Waals surface area contributed by atoms with Crippen molar-refractivity contribution < 1.29 is 4.79 Å². The zero-order valence-electron chi connectivity index (χ0n) is 15.0. The van der Waals surface area contributed by atoms with Gasteiger partial charge in [0, 0.05) is 36.3 Å². The van der Waals surface area contributed by atoms with Gasteiger partial charge < -0.3 is 9.88 Å². The zero-order valence-corrected chi connectivity index (χ0v) is 15.0. The number of likely N-dealkylation sites (tertiary alicyclic amines) is 1. The minimum absolute atomic E-state index is 0.0119. The van der Waals surface area contributed by atoms with Crippen LogP contribution in [0.3, 0.4) is 0 Å². The van der Waals surface area contributed by atoms with Gasteiger partial charge in [-0.15, -0.1) is 10.2 Å². The van der Waals surface area contributed by atoms with Crippen LogP contribution in [0.25, 0.3) is 16.6 Å². The number of nitrogens with one attached hydrogen (secondary N) is 1. The molecule has 6 nitrogen and oxygen atoms in total. The van der Waals surface area contributed by atoms with E-state index >= 15 is 0 Å². The van der Waals surface area contributed by atoms with Crippen LogP contribution in [0.2, 0.25) is 0 Å². The normalized spacial score (nSPS) is 17.2. The molecule has 1 atom stereocenters. The molecule has 3 aromatic heterocycles. The van der Waals surface area contributed by atoms with Gasteiger partial charge in [0.25, 0.3) is 0 Å². The van der Waals surface area contributed by atoms with Crippen molar-refractivity contribution in [2.75, 3.05) is 6.54 Å². The van der Waals surface area contributed by atoms with Gasteiger partial charge in [-0.1, -0.05) is 24.3 Å². The molecule has 5 rings (SSSR count). The van der Waals surface area contributed by atoms with Gasteiger partial charge in [-0.05, 0) is 43.0 Å². The van der Waals surface area contributed by atoms with E-state index in [9.17, 15) is 4.79 Å². The number of fused-ring (bicyclic) bond motifs is 2. The molecule has 0 spiro atoms. The second kappa shape index (κ2) is 6.54. The number of nitrogens with zero attached hydrogens (tertiary/aromatic N) is 4. The lowest BCUT2D eigenvalue weighted by Gasteiger charge is -2.23. The molecule has 1 aromatic carbocycles. The minimum Gasteiger partial charge on any atom is -0.361 e. The van der Waals surface area contributed by atoms with Crippen LogP contribution in [0.4, 0.5) is 0 Å². The van der Waals surface area contributed by atoms with Gasteiger partial charge in [-0.25, -0.2) is 0 Å². The number of hydrogen-bond donors (Lipinski definition) is 1. The van der Waals surface area contributed by atoms with Crippen LogP contribution in [-0.4, -0.2) is 36.9 Å². The number of hydrogen-bond acceptors (Lipinski definition) is 3. The summed E-state index contributed by atoms with van der Waals surface area (Å²) in [7, 11) is 0. The molecule has 4 aromatic rings. The van der Waals surface area contributed by atoms with E-state index in [2.05, 4.69) is 27.3 Å². The number of rotatable bonds is 4. The van der Waals surface area contributed by atoms with Gasteiger partial charge in [-0.3, -0.25) is 9.20 Å². The largest absolute Gasteiger partial charge is 0.361 e. The van der Waals surface area contributed by atoms with Crippen molar-refractivity contribution in [1.82, 2.24) is 24.5 Å². The van der Waals surface area contributed by atoms with Gasteiger partial charge in [0.2, 0.25) is 5.91 Å². The number of aromatic nitrogens is 4. The van der Waals surface area contributed by atoms with Crippen molar-refractivity contribution in [3.05, 3.63) is 66.2 Å². The van der Waals surface area contributed by atoms with Crippen molar-refractivity contribution in [2.24, 2.45) is 0 Å². The number of amides is 1. The fraction of sp³-hybridized carbons (Fsp3) is 0.286. The summed E-state index contributed by atoms with van der Waals surface area (Å²) in [6.45, 7) is 0.791. The maximum atomic E-state index is 13.0. The van der Waals surface area contributed by atoms with Crippen LogP contribution in [0.1, 0.15) is 36.7 Å². The van der Waals surface area contributed by atoms with E-state index in [1.165, 1.54) is 10.9 Å². The molecule has 0 radical (unpaired) electrons. The number of benzene rings is 1. The highest BCUT2D eigenvalue weighted by Gasteiger charge is 2.32. The Hall–Kier alpha value is -3.15. The third kappa shape index (κ3) is 2.77. The van der Waals surface area contributed by atoms with Crippen LogP contribution in [0.5, 0.6) is 0 Å². The monoisotopic (exact) mass is 359 g/mol. The predicted molar refractivity (Wildman–Crippen MR) is 103 cm³/mol. The molecule has 1 N–H and O–H groups in total. The summed E-state index contributed by atoms with van der Waals surface area (Å²) in [5, 5.41) is 9.82. The van der Waals surface area contributed by atoms with E-state index in [4.69, 9.17) is 0 Å². The van der Waals surface area contributed by atoms with Gasteiger partial charge in [0.05, 0.1) is 6.04 Å². The number of pyridine rings is 1. The molecule has 1 aliphatic rings. The molecule has 0 bridgehead atoms. The summed E-state index contributed by atoms with van der Waals surface area (Å²) in [6.07, 6.45) is 7.19. The molecule has 6 heteroatoms. The minimum atomic E-state index is 0.0119. The Morgan fingerprint density at radius 3 is 3.00 bits per heavy atom. The lowest BCUT2D eigenvalue weighted by Crippen LogP contribution is -2.31. The lowest BCUT2D eigenvalue weighted by atomic mass is 10.1. The van der Waals surface area contributed by atoms with Crippen molar-refractivity contribution in [3.63, 3.8) is 0 Å². The lowest BCUT2D eigenvalue weighted by molar-refractivity contribution is -0.132. The van der Waals surface area contributed by atoms with E-state index in [1.54, 1.807) is 0 Å². The molecule has 0 aliphatic carbocycles. The number of carbonyl (C=O) groups is 1. The summed E-state index contributed by atoms with van der Waals surface area (Å²) >= 11 is 0.